The zero-order valence-electron chi connectivity index (χ0n) is 10.4. The molecule has 1 atom stereocenters. The molecular formula is C15H13ClFNO. The van der Waals surface area contributed by atoms with E-state index in [0.29, 0.717) is 11.1 Å². The minimum atomic E-state index is -0.846. The first-order valence-corrected chi connectivity index (χ1v) is 6.28. The Morgan fingerprint density at radius 3 is 2.53 bits per heavy atom. The lowest BCUT2D eigenvalue weighted by atomic mass is 10.1. The molecule has 1 unspecified atom stereocenters. The van der Waals surface area contributed by atoms with Gasteiger partial charge in [0.1, 0.15) is 11.2 Å². The molecule has 0 spiro atoms. The molecule has 0 aliphatic rings. The van der Waals surface area contributed by atoms with Crippen LogP contribution in [0.15, 0.2) is 48.5 Å². The minimum Gasteiger partial charge on any atom is -0.322 e. The average molecular weight is 278 g/mol. The largest absolute Gasteiger partial charge is 0.322 e. The third-order valence-electron chi connectivity index (χ3n) is 2.77. The van der Waals surface area contributed by atoms with Gasteiger partial charge in [-0.15, -0.1) is 11.6 Å². The van der Waals surface area contributed by atoms with E-state index in [1.807, 2.05) is 6.07 Å². The SMILES string of the molecule is Cc1cccc(NC(=O)C(Cl)c2ccccc2)c1F. The number of carbonyl (C=O) groups excluding carboxylic acids is 1. The zero-order valence-corrected chi connectivity index (χ0v) is 11.1. The molecule has 0 bridgehead atoms. The van der Waals surface area contributed by atoms with Gasteiger partial charge >= 0.3 is 0 Å². The standard InChI is InChI=1S/C15H13ClFNO/c1-10-6-5-9-12(14(10)17)18-15(19)13(16)11-7-3-2-4-8-11/h2-9,13H,1H3,(H,18,19). The lowest BCUT2D eigenvalue weighted by molar-refractivity contribution is -0.116. The lowest BCUT2D eigenvalue weighted by Crippen LogP contribution is -2.18. The zero-order chi connectivity index (χ0) is 13.8. The second-order valence-corrected chi connectivity index (χ2v) is 4.64. The summed E-state index contributed by atoms with van der Waals surface area (Å²) in [5.41, 5.74) is 1.30. The van der Waals surface area contributed by atoms with E-state index >= 15 is 0 Å². The monoisotopic (exact) mass is 277 g/mol. The molecule has 2 nitrogen and oxygen atoms in total. The number of alkyl halides is 1. The molecule has 0 aliphatic heterocycles. The van der Waals surface area contributed by atoms with Crippen LogP contribution in [0.5, 0.6) is 0 Å². The number of anilines is 1. The number of hydrogen-bond donors (Lipinski definition) is 1. The fourth-order valence-electron chi connectivity index (χ4n) is 1.71. The number of hydrogen-bond acceptors (Lipinski definition) is 1. The first-order valence-electron chi connectivity index (χ1n) is 5.84. The molecule has 1 amide bonds. The Balaban J connectivity index is 2.15. The van der Waals surface area contributed by atoms with Crippen molar-refractivity contribution in [3.8, 4) is 0 Å². The maximum atomic E-state index is 13.8. The van der Waals surface area contributed by atoms with Gasteiger partial charge in [0.2, 0.25) is 5.91 Å². The summed E-state index contributed by atoms with van der Waals surface area (Å²) in [5, 5.41) is 1.66. The highest BCUT2D eigenvalue weighted by atomic mass is 35.5. The predicted octanol–water partition coefficient (Wildman–Crippen LogP) is 4.05. The first kappa shape index (κ1) is 13.6. The Labute approximate surface area is 116 Å². The molecule has 0 fully saturated rings. The number of benzene rings is 2. The van der Waals surface area contributed by atoms with Crippen LogP contribution in [-0.2, 0) is 4.79 Å². The van der Waals surface area contributed by atoms with E-state index < -0.39 is 17.1 Å². The van der Waals surface area contributed by atoms with Gasteiger partial charge in [0.05, 0.1) is 5.69 Å². The Kier molecular flexibility index (Phi) is 4.17. The van der Waals surface area contributed by atoms with Crippen molar-refractivity contribution in [3.05, 3.63) is 65.5 Å². The van der Waals surface area contributed by atoms with Crippen LogP contribution in [0.25, 0.3) is 0 Å². The van der Waals surface area contributed by atoms with Gasteiger partial charge in [0, 0.05) is 0 Å². The molecule has 0 heterocycles. The Morgan fingerprint density at radius 2 is 1.84 bits per heavy atom. The van der Waals surface area contributed by atoms with Gasteiger partial charge in [-0.3, -0.25) is 4.79 Å². The predicted molar refractivity (Wildman–Crippen MR) is 74.8 cm³/mol. The third kappa shape index (κ3) is 3.12. The molecule has 0 radical (unpaired) electrons. The molecule has 2 aromatic carbocycles. The summed E-state index contributed by atoms with van der Waals surface area (Å²) in [4.78, 5) is 12.0. The van der Waals surface area contributed by atoms with Crippen LogP contribution in [0, 0.1) is 12.7 Å². The fraction of sp³-hybridized carbons (Fsp3) is 0.133. The smallest absolute Gasteiger partial charge is 0.247 e. The molecule has 0 saturated heterocycles. The number of rotatable bonds is 3. The van der Waals surface area contributed by atoms with Crippen molar-refractivity contribution in [2.75, 3.05) is 5.32 Å². The maximum absolute atomic E-state index is 13.8. The molecule has 19 heavy (non-hydrogen) atoms. The topological polar surface area (TPSA) is 29.1 Å². The van der Waals surface area contributed by atoms with Gasteiger partial charge < -0.3 is 5.32 Å². The summed E-state index contributed by atoms with van der Waals surface area (Å²) in [6.07, 6.45) is 0. The number of aryl methyl sites for hydroxylation is 1. The van der Waals surface area contributed by atoms with Crippen molar-refractivity contribution in [1.29, 1.82) is 0 Å². The molecule has 2 rings (SSSR count). The quantitative estimate of drug-likeness (QED) is 0.843. The molecule has 0 saturated carbocycles. The Hall–Kier alpha value is -1.87. The first-order chi connectivity index (χ1) is 9.09. The van der Waals surface area contributed by atoms with E-state index in [2.05, 4.69) is 5.32 Å². The van der Waals surface area contributed by atoms with Crippen LogP contribution in [0.2, 0.25) is 0 Å². The van der Waals surface area contributed by atoms with Gasteiger partial charge in [0.25, 0.3) is 0 Å². The second-order valence-electron chi connectivity index (χ2n) is 4.20. The number of amides is 1. The van der Waals surface area contributed by atoms with Crippen LogP contribution in [-0.4, -0.2) is 5.91 Å². The van der Waals surface area contributed by atoms with Crippen LogP contribution in [0.4, 0.5) is 10.1 Å². The highest BCUT2D eigenvalue weighted by Crippen LogP contribution is 2.24. The van der Waals surface area contributed by atoms with E-state index in [-0.39, 0.29) is 5.69 Å². The molecule has 0 aliphatic carbocycles. The van der Waals surface area contributed by atoms with Crippen LogP contribution in [0.1, 0.15) is 16.5 Å². The van der Waals surface area contributed by atoms with Crippen molar-refractivity contribution >= 4 is 23.2 Å². The summed E-state index contributed by atoms with van der Waals surface area (Å²) in [7, 11) is 0. The second kappa shape index (κ2) is 5.85. The van der Waals surface area contributed by atoms with E-state index in [1.54, 1.807) is 43.3 Å². The number of halogens is 2. The summed E-state index contributed by atoms with van der Waals surface area (Å²) in [6.45, 7) is 1.64. The average Bonchev–Trinajstić information content (AvgIpc) is 2.44. The highest BCUT2D eigenvalue weighted by Gasteiger charge is 2.18. The summed E-state index contributed by atoms with van der Waals surface area (Å²) >= 11 is 6.06. The summed E-state index contributed by atoms with van der Waals surface area (Å²) in [6, 6.07) is 13.8. The maximum Gasteiger partial charge on any atom is 0.247 e. The van der Waals surface area contributed by atoms with Crippen LogP contribution < -0.4 is 5.32 Å². The van der Waals surface area contributed by atoms with Gasteiger partial charge in [-0.1, -0.05) is 42.5 Å². The number of nitrogens with one attached hydrogen (secondary N) is 1. The van der Waals surface area contributed by atoms with Crippen molar-refractivity contribution in [2.45, 2.75) is 12.3 Å². The van der Waals surface area contributed by atoms with Crippen molar-refractivity contribution < 1.29 is 9.18 Å². The van der Waals surface area contributed by atoms with E-state index in [4.69, 9.17) is 11.6 Å². The van der Waals surface area contributed by atoms with Crippen LogP contribution in [0.3, 0.4) is 0 Å². The minimum absolute atomic E-state index is 0.145. The van der Waals surface area contributed by atoms with Crippen molar-refractivity contribution in [2.24, 2.45) is 0 Å². The normalized spacial score (nSPS) is 11.9. The summed E-state index contributed by atoms with van der Waals surface area (Å²) in [5.74, 6) is -0.884. The van der Waals surface area contributed by atoms with E-state index in [1.165, 1.54) is 6.07 Å². The van der Waals surface area contributed by atoms with Crippen molar-refractivity contribution in [3.63, 3.8) is 0 Å². The highest BCUT2D eigenvalue weighted by molar-refractivity contribution is 6.32. The van der Waals surface area contributed by atoms with Gasteiger partial charge in [-0.25, -0.2) is 4.39 Å². The van der Waals surface area contributed by atoms with Crippen LogP contribution >= 0.6 is 11.6 Å². The Morgan fingerprint density at radius 1 is 1.16 bits per heavy atom. The summed E-state index contributed by atoms with van der Waals surface area (Å²) < 4.78 is 13.8. The van der Waals surface area contributed by atoms with Gasteiger partial charge in [-0.05, 0) is 24.1 Å². The Bertz CT molecular complexity index is 586. The molecular weight excluding hydrogens is 265 g/mol. The molecule has 1 N–H and O–H groups in total. The van der Waals surface area contributed by atoms with E-state index in [0.717, 1.165) is 0 Å². The molecule has 4 heteroatoms. The lowest BCUT2D eigenvalue weighted by Gasteiger charge is -2.12. The molecule has 0 aromatic heterocycles. The molecule has 98 valence electrons. The van der Waals surface area contributed by atoms with Crippen molar-refractivity contribution in [1.82, 2.24) is 0 Å². The molecule has 2 aromatic rings. The fourth-order valence-corrected chi connectivity index (χ4v) is 1.91. The van der Waals surface area contributed by atoms with Gasteiger partial charge in [0.15, 0.2) is 0 Å². The van der Waals surface area contributed by atoms with E-state index in [9.17, 15) is 9.18 Å². The third-order valence-corrected chi connectivity index (χ3v) is 3.22. The number of carbonyl (C=O) groups is 1. The van der Waals surface area contributed by atoms with Gasteiger partial charge in [-0.2, -0.15) is 0 Å².